The van der Waals surface area contributed by atoms with Crippen molar-refractivity contribution in [1.82, 2.24) is 10.6 Å². The number of ether oxygens (including phenoxy) is 1. The number of anilines is 1. The third kappa shape index (κ3) is 6.83. The number of carbonyl (C=O) groups excluding carboxylic acids is 1. The molecule has 126 valence electrons. The van der Waals surface area contributed by atoms with E-state index in [4.69, 9.17) is 4.74 Å². The van der Waals surface area contributed by atoms with Crippen LogP contribution < -0.4 is 15.5 Å². The van der Waals surface area contributed by atoms with Crippen molar-refractivity contribution in [3.05, 3.63) is 30.3 Å². The van der Waals surface area contributed by atoms with Gasteiger partial charge in [-0.25, -0.2) is 0 Å². The summed E-state index contributed by atoms with van der Waals surface area (Å²) in [4.78, 5) is 14.0. The van der Waals surface area contributed by atoms with Gasteiger partial charge in [-0.05, 0) is 18.6 Å². The number of carbonyl (C=O) groups is 1. The molecule has 0 aromatic heterocycles. The van der Waals surface area contributed by atoms with Gasteiger partial charge in [0, 0.05) is 38.9 Å². The van der Waals surface area contributed by atoms with Gasteiger partial charge >= 0.3 is 0 Å². The molecule has 7 heteroatoms. The predicted octanol–water partition coefficient (Wildman–Crippen LogP) is 1.46. The zero-order valence-corrected chi connectivity index (χ0v) is 14.4. The van der Waals surface area contributed by atoms with Crippen molar-refractivity contribution in [3.8, 4) is 0 Å². The molecule has 2 rings (SSSR count). The molecule has 0 saturated carbocycles. The molecule has 0 aliphatic carbocycles. The van der Waals surface area contributed by atoms with Gasteiger partial charge in [0.15, 0.2) is 0 Å². The van der Waals surface area contributed by atoms with Crippen LogP contribution in [0.4, 0.5) is 5.69 Å². The lowest BCUT2D eigenvalue weighted by Crippen LogP contribution is -2.48. The minimum absolute atomic E-state index is 0. The Labute approximate surface area is 144 Å². The fourth-order valence-electron chi connectivity index (χ4n) is 2.19. The average Bonchev–Trinajstić information content (AvgIpc) is 2.53. The van der Waals surface area contributed by atoms with E-state index in [0.29, 0.717) is 19.7 Å². The molecular weight excluding hydrogens is 325 g/mol. The number of benzene rings is 1. The number of morpholine rings is 1. The third-order valence-electron chi connectivity index (χ3n) is 3.39. The van der Waals surface area contributed by atoms with Crippen LogP contribution in [-0.2, 0) is 9.53 Å². The van der Waals surface area contributed by atoms with Crippen molar-refractivity contribution in [2.75, 3.05) is 44.7 Å². The Morgan fingerprint density at radius 1 is 1.36 bits per heavy atom. The first kappa shape index (κ1) is 21.0. The number of halogens is 2. The Morgan fingerprint density at radius 2 is 2.09 bits per heavy atom. The van der Waals surface area contributed by atoms with E-state index >= 15 is 0 Å². The lowest BCUT2D eigenvalue weighted by molar-refractivity contribution is -0.134. The van der Waals surface area contributed by atoms with Crippen LogP contribution in [0.25, 0.3) is 0 Å². The summed E-state index contributed by atoms with van der Waals surface area (Å²) in [5.41, 5.74) is 1.19. The molecule has 1 aromatic rings. The molecule has 1 atom stereocenters. The number of nitrogens with one attached hydrogen (secondary N) is 2. The highest BCUT2D eigenvalue weighted by Gasteiger charge is 2.20. The molecule has 1 saturated heterocycles. The zero-order valence-electron chi connectivity index (χ0n) is 12.8. The van der Waals surface area contributed by atoms with Crippen LogP contribution in [0.5, 0.6) is 0 Å². The molecule has 1 fully saturated rings. The Morgan fingerprint density at radius 3 is 2.73 bits per heavy atom. The van der Waals surface area contributed by atoms with E-state index in [1.54, 1.807) is 0 Å². The number of amides is 1. The van der Waals surface area contributed by atoms with Gasteiger partial charge in [0.1, 0.15) is 6.10 Å². The Hall–Kier alpha value is -1.01. The van der Waals surface area contributed by atoms with Gasteiger partial charge in [0.2, 0.25) is 5.91 Å². The second-order valence-electron chi connectivity index (χ2n) is 4.97. The molecule has 5 nitrogen and oxygen atoms in total. The average molecular weight is 350 g/mol. The summed E-state index contributed by atoms with van der Waals surface area (Å²) >= 11 is 0. The summed E-state index contributed by atoms with van der Waals surface area (Å²) in [6.45, 7) is 3.63. The molecular formula is C15H25Cl2N3O2. The second kappa shape index (κ2) is 11.5. The first-order valence-corrected chi connectivity index (χ1v) is 7.13. The lowest BCUT2D eigenvalue weighted by atomic mass is 10.2. The van der Waals surface area contributed by atoms with E-state index in [-0.39, 0.29) is 36.8 Å². The number of hydrogen-bond donors (Lipinski definition) is 2. The second-order valence-corrected chi connectivity index (χ2v) is 4.97. The summed E-state index contributed by atoms with van der Waals surface area (Å²) < 4.78 is 5.40. The van der Waals surface area contributed by atoms with Gasteiger partial charge in [-0.3, -0.25) is 4.79 Å². The van der Waals surface area contributed by atoms with Crippen LogP contribution in [0, 0.1) is 0 Å². The van der Waals surface area contributed by atoms with E-state index in [2.05, 4.69) is 34.7 Å². The monoisotopic (exact) mass is 349 g/mol. The Balaban J connectivity index is 0.00000220. The number of hydrogen-bond acceptors (Lipinski definition) is 4. The molecule has 1 aliphatic rings. The van der Waals surface area contributed by atoms with Gasteiger partial charge in [-0.15, -0.1) is 24.8 Å². The van der Waals surface area contributed by atoms with Crippen LogP contribution in [0.1, 0.15) is 6.42 Å². The largest absolute Gasteiger partial charge is 0.375 e. The van der Waals surface area contributed by atoms with Gasteiger partial charge in [-0.2, -0.15) is 0 Å². The Bertz CT molecular complexity index is 415. The summed E-state index contributed by atoms with van der Waals surface area (Å²) in [6, 6.07) is 10.2. The molecule has 0 radical (unpaired) electrons. The van der Waals surface area contributed by atoms with Crippen molar-refractivity contribution in [1.29, 1.82) is 0 Å². The molecule has 0 spiro atoms. The highest BCUT2D eigenvalue weighted by atomic mass is 35.5. The normalized spacial score (nSPS) is 16.9. The highest BCUT2D eigenvalue weighted by molar-refractivity contribution is 5.85. The standard InChI is InChI=1S/C15H23N3O2.2ClH/c1-18(13-6-3-2-4-7-13)10-5-8-17-15(19)14-12-16-9-11-20-14;;/h2-4,6-7,14,16H,5,8-12H2,1H3,(H,17,19);2*1H. The van der Waals surface area contributed by atoms with Crippen LogP contribution >= 0.6 is 24.8 Å². The molecule has 0 bridgehead atoms. The highest BCUT2D eigenvalue weighted by Crippen LogP contribution is 2.10. The number of nitrogens with zero attached hydrogens (tertiary/aromatic N) is 1. The third-order valence-corrected chi connectivity index (χ3v) is 3.39. The molecule has 1 heterocycles. The minimum atomic E-state index is -0.337. The Kier molecular flexibility index (Phi) is 11.0. The predicted molar refractivity (Wildman–Crippen MR) is 94.4 cm³/mol. The molecule has 1 amide bonds. The van der Waals surface area contributed by atoms with Crippen molar-refractivity contribution < 1.29 is 9.53 Å². The number of para-hydroxylation sites is 1. The fourth-order valence-corrected chi connectivity index (χ4v) is 2.19. The van der Waals surface area contributed by atoms with Gasteiger partial charge in [0.25, 0.3) is 0 Å². The lowest BCUT2D eigenvalue weighted by Gasteiger charge is -2.23. The van der Waals surface area contributed by atoms with Crippen molar-refractivity contribution in [2.45, 2.75) is 12.5 Å². The van der Waals surface area contributed by atoms with Crippen LogP contribution in [-0.4, -0.2) is 51.8 Å². The van der Waals surface area contributed by atoms with E-state index in [0.717, 1.165) is 19.5 Å². The van der Waals surface area contributed by atoms with E-state index in [9.17, 15) is 4.79 Å². The summed E-state index contributed by atoms with van der Waals surface area (Å²) in [7, 11) is 2.06. The SMILES string of the molecule is CN(CCCNC(=O)C1CNCCO1)c1ccccc1.Cl.Cl. The van der Waals surface area contributed by atoms with Crippen molar-refractivity contribution >= 4 is 36.4 Å². The molecule has 2 N–H and O–H groups in total. The smallest absolute Gasteiger partial charge is 0.250 e. The van der Waals surface area contributed by atoms with Crippen LogP contribution in [0.15, 0.2) is 30.3 Å². The summed E-state index contributed by atoms with van der Waals surface area (Å²) in [5, 5.41) is 6.08. The quantitative estimate of drug-likeness (QED) is 0.763. The maximum absolute atomic E-state index is 11.8. The van der Waals surface area contributed by atoms with Gasteiger partial charge in [-0.1, -0.05) is 18.2 Å². The van der Waals surface area contributed by atoms with E-state index in [1.807, 2.05) is 18.2 Å². The van der Waals surface area contributed by atoms with E-state index < -0.39 is 0 Å². The van der Waals surface area contributed by atoms with Gasteiger partial charge in [0.05, 0.1) is 6.61 Å². The fraction of sp³-hybridized carbons (Fsp3) is 0.533. The van der Waals surface area contributed by atoms with Gasteiger partial charge < -0.3 is 20.3 Å². The molecule has 1 aliphatic heterocycles. The van der Waals surface area contributed by atoms with Crippen molar-refractivity contribution in [3.63, 3.8) is 0 Å². The zero-order chi connectivity index (χ0) is 14.2. The van der Waals surface area contributed by atoms with Crippen LogP contribution in [0.3, 0.4) is 0 Å². The number of rotatable bonds is 6. The maximum Gasteiger partial charge on any atom is 0.250 e. The first-order valence-electron chi connectivity index (χ1n) is 7.13. The topological polar surface area (TPSA) is 53.6 Å². The van der Waals surface area contributed by atoms with Crippen molar-refractivity contribution in [2.24, 2.45) is 0 Å². The molecule has 22 heavy (non-hydrogen) atoms. The molecule has 1 unspecified atom stereocenters. The summed E-state index contributed by atoms with van der Waals surface area (Å²) in [5.74, 6) is -0.0143. The summed E-state index contributed by atoms with van der Waals surface area (Å²) in [6.07, 6.45) is 0.577. The maximum atomic E-state index is 11.8. The first-order chi connectivity index (χ1) is 9.77. The minimum Gasteiger partial charge on any atom is -0.375 e. The van der Waals surface area contributed by atoms with Crippen LogP contribution in [0.2, 0.25) is 0 Å². The van der Waals surface area contributed by atoms with E-state index in [1.165, 1.54) is 5.69 Å². The molecule has 1 aromatic carbocycles.